The number of esters is 1. The molecule has 1 aromatic heterocycles. The largest absolute Gasteiger partial charge is 0.469 e. The lowest BCUT2D eigenvalue weighted by Crippen LogP contribution is -2.63. The zero-order valence-corrected chi connectivity index (χ0v) is 15.6. The fourth-order valence-electron chi connectivity index (χ4n) is 4.58. The molecule has 5 heteroatoms. The van der Waals surface area contributed by atoms with Crippen LogP contribution in [0.5, 0.6) is 0 Å². The Morgan fingerprint density at radius 3 is 2.80 bits per heavy atom. The van der Waals surface area contributed by atoms with Crippen molar-refractivity contribution in [2.75, 3.05) is 0 Å². The van der Waals surface area contributed by atoms with Crippen molar-refractivity contribution >= 4 is 5.97 Å². The summed E-state index contributed by atoms with van der Waals surface area (Å²) in [5.41, 5.74) is 0.330. The summed E-state index contributed by atoms with van der Waals surface area (Å²) >= 11 is 0. The molecule has 0 bridgehead atoms. The van der Waals surface area contributed by atoms with Crippen LogP contribution in [0.4, 0.5) is 0 Å². The monoisotopic (exact) mass is 348 g/mol. The Hall–Kier alpha value is -1.59. The van der Waals surface area contributed by atoms with Crippen LogP contribution in [0.25, 0.3) is 0 Å². The molecular weight excluding hydrogens is 320 g/mol. The van der Waals surface area contributed by atoms with Crippen molar-refractivity contribution in [2.45, 2.75) is 71.7 Å². The highest BCUT2D eigenvalue weighted by Gasteiger charge is 2.63. The molecular formula is C20H28O5. The minimum atomic E-state index is -1.08. The van der Waals surface area contributed by atoms with Gasteiger partial charge in [0.2, 0.25) is 0 Å². The zero-order chi connectivity index (χ0) is 18.6. The summed E-state index contributed by atoms with van der Waals surface area (Å²) in [7, 11) is 0. The molecule has 2 aliphatic carbocycles. The number of carbonyl (C=O) groups excluding carboxylic acids is 1. The second-order valence-electron chi connectivity index (χ2n) is 7.89. The Bertz CT molecular complexity index is 718. The van der Waals surface area contributed by atoms with Crippen LogP contribution in [-0.2, 0) is 16.0 Å². The van der Waals surface area contributed by atoms with Gasteiger partial charge in [0.05, 0.1) is 18.0 Å². The van der Waals surface area contributed by atoms with Crippen molar-refractivity contribution in [1.82, 2.24) is 0 Å². The molecule has 0 aliphatic heterocycles. The number of aliphatic hydroxyl groups excluding tert-OH is 1. The van der Waals surface area contributed by atoms with E-state index in [1.807, 2.05) is 20.8 Å². The van der Waals surface area contributed by atoms with Crippen LogP contribution in [0.3, 0.4) is 0 Å². The number of furan rings is 1. The minimum absolute atomic E-state index is 0.197. The first-order valence-electron chi connectivity index (χ1n) is 8.97. The van der Waals surface area contributed by atoms with Gasteiger partial charge in [-0.2, -0.15) is 0 Å². The third-order valence-electron chi connectivity index (χ3n) is 6.76. The Balaban J connectivity index is 1.96. The van der Waals surface area contributed by atoms with Gasteiger partial charge in [0.25, 0.3) is 0 Å². The van der Waals surface area contributed by atoms with Crippen LogP contribution >= 0.6 is 0 Å². The molecule has 5 nitrogen and oxygen atoms in total. The molecule has 0 unspecified atom stereocenters. The molecule has 2 aliphatic rings. The van der Waals surface area contributed by atoms with Crippen molar-refractivity contribution in [3.63, 3.8) is 0 Å². The number of carbonyl (C=O) groups is 1. The number of hydrogen-bond acceptors (Lipinski definition) is 5. The van der Waals surface area contributed by atoms with Gasteiger partial charge < -0.3 is 19.4 Å². The fourth-order valence-corrected chi connectivity index (χ4v) is 4.58. The molecule has 0 amide bonds. The molecule has 0 spiro atoms. The summed E-state index contributed by atoms with van der Waals surface area (Å²) in [4.78, 5) is 12.2. The molecule has 0 saturated heterocycles. The Kier molecular flexibility index (Phi) is 4.36. The molecule has 2 N–H and O–H groups in total. The van der Waals surface area contributed by atoms with Crippen molar-refractivity contribution in [3.05, 3.63) is 34.8 Å². The first kappa shape index (κ1) is 18.2. The van der Waals surface area contributed by atoms with Gasteiger partial charge >= 0.3 is 5.97 Å². The number of aryl methyl sites for hydroxylation is 1. The smallest absolute Gasteiger partial charge is 0.333 e. The highest BCUT2D eigenvalue weighted by atomic mass is 16.5. The average Bonchev–Trinajstić information content (AvgIpc) is 2.93. The van der Waals surface area contributed by atoms with E-state index in [1.54, 1.807) is 26.2 Å². The molecule has 1 saturated carbocycles. The van der Waals surface area contributed by atoms with E-state index in [-0.39, 0.29) is 18.0 Å². The van der Waals surface area contributed by atoms with Crippen LogP contribution in [0, 0.1) is 18.3 Å². The molecule has 3 rings (SSSR count). The maximum atomic E-state index is 12.2. The summed E-state index contributed by atoms with van der Waals surface area (Å²) in [6.07, 6.45) is 3.56. The standard InChI is InChI=1S/C20H28O5/c1-6-11(2)18(22)25-14-7-8-20(23)9-15-16(12(3)10-24-15)17(21)19(20,5)13(14)4/h6,10,13-14,17,21,23H,7-9H2,1-5H3/b11-6-/t13-,14-,17+,19-,20-/m0/s1. The van der Waals surface area contributed by atoms with E-state index in [9.17, 15) is 15.0 Å². The molecule has 5 atom stereocenters. The summed E-state index contributed by atoms with van der Waals surface area (Å²) in [6.45, 7) is 9.29. The number of ether oxygens (including phenoxy) is 1. The van der Waals surface area contributed by atoms with Crippen molar-refractivity contribution < 1.29 is 24.2 Å². The highest BCUT2D eigenvalue weighted by molar-refractivity contribution is 5.87. The predicted octanol–water partition coefficient (Wildman–Crippen LogP) is 3.22. The second-order valence-corrected chi connectivity index (χ2v) is 7.89. The molecule has 0 radical (unpaired) electrons. The van der Waals surface area contributed by atoms with Crippen molar-refractivity contribution in [1.29, 1.82) is 0 Å². The lowest BCUT2D eigenvalue weighted by atomic mass is 9.51. The highest BCUT2D eigenvalue weighted by Crippen LogP contribution is 2.60. The van der Waals surface area contributed by atoms with Gasteiger partial charge in [0.15, 0.2) is 0 Å². The van der Waals surface area contributed by atoms with Crippen LogP contribution in [0.2, 0.25) is 0 Å². The Morgan fingerprint density at radius 2 is 2.16 bits per heavy atom. The molecule has 138 valence electrons. The fraction of sp³-hybridized carbons (Fsp3) is 0.650. The number of rotatable bonds is 2. The SMILES string of the molecule is C/C=C(/C)C(=O)O[C@H]1CC[C@]2(O)Cc3occ(C)c3[C@@H](O)[C@]2(C)[C@H]1C. The zero-order valence-electron chi connectivity index (χ0n) is 15.6. The molecule has 1 aromatic rings. The number of aliphatic hydroxyl groups is 2. The third-order valence-corrected chi connectivity index (χ3v) is 6.76. The first-order chi connectivity index (χ1) is 11.7. The van der Waals surface area contributed by atoms with Gasteiger partial charge in [-0.25, -0.2) is 4.79 Å². The topological polar surface area (TPSA) is 79.9 Å². The Labute approximate surface area is 148 Å². The lowest BCUT2D eigenvalue weighted by molar-refractivity contribution is -0.226. The number of hydrogen-bond donors (Lipinski definition) is 2. The number of fused-ring (bicyclic) bond motifs is 2. The van der Waals surface area contributed by atoms with Gasteiger partial charge in [-0.15, -0.1) is 0 Å². The summed E-state index contributed by atoms with van der Waals surface area (Å²) in [6, 6.07) is 0. The maximum absolute atomic E-state index is 12.2. The van der Waals surface area contributed by atoms with Gasteiger partial charge in [-0.05, 0) is 39.2 Å². The summed E-state index contributed by atoms with van der Waals surface area (Å²) in [5.74, 6) is 0.133. The van der Waals surface area contributed by atoms with E-state index in [1.165, 1.54) is 0 Å². The van der Waals surface area contributed by atoms with Crippen molar-refractivity contribution in [2.24, 2.45) is 11.3 Å². The first-order valence-corrected chi connectivity index (χ1v) is 8.97. The van der Waals surface area contributed by atoms with Gasteiger partial charge in [-0.1, -0.05) is 19.9 Å². The van der Waals surface area contributed by atoms with E-state index in [2.05, 4.69) is 0 Å². The van der Waals surface area contributed by atoms with E-state index in [4.69, 9.17) is 9.15 Å². The summed E-state index contributed by atoms with van der Waals surface area (Å²) in [5, 5.41) is 22.5. The average molecular weight is 348 g/mol. The third kappa shape index (κ3) is 2.48. The Morgan fingerprint density at radius 1 is 1.48 bits per heavy atom. The van der Waals surface area contributed by atoms with Gasteiger partial charge in [-0.3, -0.25) is 0 Å². The second kappa shape index (κ2) is 5.99. The van der Waals surface area contributed by atoms with E-state index >= 15 is 0 Å². The van der Waals surface area contributed by atoms with Gasteiger partial charge in [0.1, 0.15) is 11.9 Å². The maximum Gasteiger partial charge on any atom is 0.333 e. The van der Waals surface area contributed by atoms with Crippen LogP contribution in [0.1, 0.15) is 63.5 Å². The normalized spacial score (nSPS) is 38.0. The summed E-state index contributed by atoms with van der Waals surface area (Å²) < 4.78 is 11.3. The number of allylic oxidation sites excluding steroid dienone is 1. The van der Waals surface area contributed by atoms with E-state index < -0.39 is 17.1 Å². The van der Waals surface area contributed by atoms with Crippen LogP contribution in [0.15, 0.2) is 22.3 Å². The van der Waals surface area contributed by atoms with Gasteiger partial charge in [0, 0.05) is 28.9 Å². The van der Waals surface area contributed by atoms with Crippen LogP contribution < -0.4 is 0 Å². The molecule has 1 heterocycles. The minimum Gasteiger partial charge on any atom is -0.469 e. The predicted molar refractivity (Wildman–Crippen MR) is 92.9 cm³/mol. The lowest BCUT2D eigenvalue weighted by Gasteiger charge is -2.58. The van der Waals surface area contributed by atoms with E-state index in [0.29, 0.717) is 30.6 Å². The molecule has 25 heavy (non-hydrogen) atoms. The quantitative estimate of drug-likeness (QED) is 0.634. The molecule has 0 aromatic carbocycles. The van der Waals surface area contributed by atoms with Crippen LogP contribution in [-0.4, -0.2) is 27.9 Å². The van der Waals surface area contributed by atoms with Crippen molar-refractivity contribution in [3.8, 4) is 0 Å². The molecule has 1 fully saturated rings. The van der Waals surface area contributed by atoms with E-state index in [0.717, 1.165) is 11.1 Å².